The van der Waals surface area contributed by atoms with Gasteiger partial charge >= 0.3 is 0 Å². The van der Waals surface area contributed by atoms with E-state index in [2.05, 4.69) is 15.6 Å². The van der Waals surface area contributed by atoms with Gasteiger partial charge in [0.05, 0.1) is 23.6 Å². The number of nitrogens with zero attached hydrogens (tertiary/aromatic N) is 3. The molecular weight excluding hydrogens is 522 g/mol. The SMILES string of the molecule is CN[C@@H](C)C(=O)N[C@H](C(=O)N1CCC[C@@H]1c1nc2c(-c3ccccc3)ccnc2s1)C1CCS(=O)(=O)CC1. The van der Waals surface area contributed by atoms with E-state index in [9.17, 15) is 18.0 Å². The molecular formula is C27H33N5O4S2. The number of amides is 2. The lowest BCUT2D eigenvalue weighted by Crippen LogP contribution is -2.56. The highest BCUT2D eigenvalue weighted by molar-refractivity contribution is 7.91. The number of sulfone groups is 1. The van der Waals surface area contributed by atoms with Crippen molar-refractivity contribution in [2.45, 2.75) is 50.7 Å². The van der Waals surface area contributed by atoms with Gasteiger partial charge in [-0.1, -0.05) is 41.7 Å². The minimum Gasteiger partial charge on any atom is -0.343 e. The average Bonchev–Trinajstić information content (AvgIpc) is 3.58. The zero-order valence-corrected chi connectivity index (χ0v) is 23.2. The smallest absolute Gasteiger partial charge is 0.246 e. The van der Waals surface area contributed by atoms with Crippen LogP contribution in [0.15, 0.2) is 42.6 Å². The van der Waals surface area contributed by atoms with E-state index in [4.69, 9.17) is 4.98 Å². The van der Waals surface area contributed by atoms with E-state index in [1.807, 2.05) is 41.3 Å². The maximum atomic E-state index is 14.0. The summed E-state index contributed by atoms with van der Waals surface area (Å²) in [7, 11) is -1.41. The van der Waals surface area contributed by atoms with Crippen molar-refractivity contribution in [3.8, 4) is 11.1 Å². The normalized spacial score (nSPS) is 21.3. The van der Waals surface area contributed by atoms with Crippen molar-refractivity contribution >= 4 is 43.3 Å². The van der Waals surface area contributed by atoms with E-state index >= 15 is 0 Å². The Bertz CT molecular complexity index is 1410. The number of nitrogens with one attached hydrogen (secondary N) is 2. The van der Waals surface area contributed by atoms with Crippen LogP contribution < -0.4 is 10.6 Å². The van der Waals surface area contributed by atoms with Crippen LogP contribution >= 0.6 is 11.3 Å². The summed E-state index contributed by atoms with van der Waals surface area (Å²) in [4.78, 5) is 39.1. The molecule has 38 heavy (non-hydrogen) atoms. The van der Waals surface area contributed by atoms with E-state index in [-0.39, 0.29) is 35.3 Å². The van der Waals surface area contributed by atoms with Crippen LogP contribution in [0.3, 0.4) is 0 Å². The number of carbonyl (C=O) groups is 2. The summed E-state index contributed by atoms with van der Waals surface area (Å²) in [5.74, 6) is -0.597. The topological polar surface area (TPSA) is 121 Å². The first kappa shape index (κ1) is 26.7. The van der Waals surface area contributed by atoms with Crippen molar-refractivity contribution in [3.63, 3.8) is 0 Å². The van der Waals surface area contributed by atoms with Gasteiger partial charge in [-0.05, 0) is 57.2 Å². The van der Waals surface area contributed by atoms with Crippen LogP contribution in [0, 0.1) is 5.92 Å². The molecule has 3 atom stereocenters. The number of pyridine rings is 1. The Morgan fingerprint density at radius 3 is 2.55 bits per heavy atom. The van der Waals surface area contributed by atoms with Crippen molar-refractivity contribution in [3.05, 3.63) is 47.6 Å². The van der Waals surface area contributed by atoms with Crippen molar-refractivity contribution in [1.29, 1.82) is 0 Å². The summed E-state index contributed by atoms with van der Waals surface area (Å²) < 4.78 is 24.1. The Morgan fingerprint density at radius 2 is 1.84 bits per heavy atom. The lowest BCUT2D eigenvalue weighted by atomic mass is 9.92. The molecule has 5 rings (SSSR count). The molecule has 0 aliphatic carbocycles. The summed E-state index contributed by atoms with van der Waals surface area (Å²) >= 11 is 1.50. The second kappa shape index (κ2) is 11.1. The van der Waals surface area contributed by atoms with E-state index < -0.39 is 21.9 Å². The molecule has 0 unspecified atom stereocenters. The van der Waals surface area contributed by atoms with Crippen LogP contribution in [0.25, 0.3) is 21.5 Å². The van der Waals surface area contributed by atoms with Crippen LogP contribution in [-0.4, -0.2) is 72.3 Å². The third kappa shape index (κ3) is 5.45. The highest BCUT2D eigenvalue weighted by Gasteiger charge is 2.41. The van der Waals surface area contributed by atoms with Crippen LogP contribution in [0.4, 0.5) is 0 Å². The molecule has 2 saturated heterocycles. The number of thiazole rings is 1. The van der Waals surface area contributed by atoms with E-state index in [1.54, 1.807) is 20.2 Å². The first-order valence-electron chi connectivity index (χ1n) is 13.1. The molecule has 2 N–H and O–H groups in total. The number of likely N-dealkylation sites (N-methyl/N-ethyl adjacent to an activating group) is 1. The lowest BCUT2D eigenvalue weighted by Gasteiger charge is -2.35. The fourth-order valence-corrected chi connectivity index (χ4v) is 7.95. The molecule has 4 heterocycles. The fraction of sp³-hybridized carbons (Fsp3) is 0.481. The molecule has 0 spiro atoms. The zero-order chi connectivity index (χ0) is 26.9. The quantitative estimate of drug-likeness (QED) is 0.460. The summed E-state index contributed by atoms with van der Waals surface area (Å²) in [6.45, 7) is 2.30. The van der Waals surface area contributed by atoms with Crippen molar-refractivity contribution in [2.75, 3.05) is 25.1 Å². The van der Waals surface area contributed by atoms with Gasteiger partial charge in [0.2, 0.25) is 11.8 Å². The van der Waals surface area contributed by atoms with Gasteiger partial charge < -0.3 is 15.5 Å². The summed E-state index contributed by atoms with van der Waals surface area (Å²) in [5.41, 5.74) is 2.89. The molecule has 9 nitrogen and oxygen atoms in total. The Kier molecular flexibility index (Phi) is 7.78. The molecule has 0 saturated carbocycles. The van der Waals surface area contributed by atoms with Crippen LogP contribution in [0.2, 0.25) is 0 Å². The standard InChI is InChI=1S/C27H33N5O4S2/c1-17(28-2)24(33)30-22(19-11-15-38(35,36)16-12-19)27(34)32-14-6-9-21(32)25-31-23-20(10-13-29-26(23)37-25)18-7-4-3-5-8-18/h3-5,7-8,10,13,17,19,21-22,28H,6,9,11-12,14-16H2,1-2H3,(H,30,33)/t17-,21+,22-/m0/s1. The number of fused-ring (bicyclic) bond motifs is 1. The summed E-state index contributed by atoms with van der Waals surface area (Å²) in [6, 6.07) is 10.6. The van der Waals surface area contributed by atoms with E-state index in [0.29, 0.717) is 19.4 Å². The average molecular weight is 556 g/mol. The third-order valence-electron chi connectivity index (χ3n) is 7.68. The molecule has 0 radical (unpaired) electrons. The predicted octanol–water partition coefficient (Wildman–Crippen LogP) is 2.94. The number of likely N-dealkylation sites (tertiary alicyclic amines) is 1. The van der Waals surface area contributed by atoms with Gasteiger partial charge in [0.25, 0.3) is 0 Å². The molecule has 0 bridgehead atoms. The van der Waals surface area contributed by atoms with E-state index in [1.165, 1.54) is 11.3 Å². The first-order chi connectivity index (χ1) is 18.3. The number of hydrogen-bond acceptors (Lipinski definition) is 8. The highest BCUT2D eigenvalue weighted by atomic mass is 32.2. The van der Waals surface area contributed by atoms with Crippen molar-refractivity contribution in [2.24, 2.45) is 5.92 Å². The van der Waals surface area contributed by atoms with Gasteiger partial charge in [0.1, 0.15) is 31.2 Å². The minimum absolute atomic E-state index is 0.0358. The van der Waals surface area contributed by atoms with E-state index in [0.717, 1.165) is 39.3 Å². The molecule has 2 aliphatic rings. The molecule has 2 fully saturated rings. The fourth-order valence-electron chi connectivity index (χ4n) is 5.34. The van der Waals surface area contributed by atoms with Crippen molar-refractivity contribution in [1.82, 2.24) is 25.5 Å². The van der Waals surface area contributed by atoms with Gasteiger partial charge in [-0.15, -0.1) is 0 Å². The Hall–Kier alpha value is -2.89. The first-order valence-corrected chi connectivity index (χ1v) is 15.7. The monoisotopic (exact) mass is 555 g/mol. The van der Waals surface area contributed by atoms with Crippen LogP contribution in [0.1, 0.15) is 43.7 Å². The molecule has 202 valence electrons. The zero-order valence-electron chi connectivity index (χ0n) is 21.6. The number of carbonyl (C=O) groups excluding carboxylic acids is 2. The third-order valence-corrected chi connectivity index (χ3v) is 10.5. The van der Waals surface area contributed by atoms with Gasteiger partial charge in [0.15, 0.2) is 0 Å². The van der Waals surface area contributed by atoms with Crippen LogP contribution in [0.5, 0.6) is 0 Å². The minimum atomic E-state index is -3.10. The number of aromatic nitrogens is 2. The molecule has 11 heteroatoms. The Balaban J connectivity index is 1.44. The Morgan fingerprint density at radius 1 is 1.11 bits per heavy atom. The van der Waals surface area contributed by atoms with Crippen LogP contribution in [-0.2, 0) is 19.4 Å². The Labute approximate surface area is 227 Å². The van der Waals surface area contributed by atoms with Gasteiger partial charge in [-0.2, -0.15) is 0 Å². The second-order valence-electron chi connectivity index (χ2n) is 10.1. The number of hydrogen-bond donors (Lipinski definition) is 2. The maximum absolute atomic E-state index is 14.0. The largest absolute Gasteiger partial charge is 0.343 e. The number of rotatable bonds is 7. The highest BCUT2D eigenvalue weighted by Crippen LogP contribution is 2.39. The number of benzene rings is 1. The van der Waals surface area contributed by atoms with Crippen molar-refractivity contribution < 1.29 is 18.0 Å². The second-order valence-corrected chi connectivity index (χ2v) is 13.4. The van der Waals surface area contributed by atoms with Gasteiger partial charge in [0, 0.05) is 18.3 Å². The molecule has 3 aromatic rings. The summed E-state index contributed by atoms with van der Waals surface area (Å²) in [6.07, 6.45) is 4.11. The molecule has 2 aromatic heterocycles. The predicted molar refractivity (Wildman–Crippen MR) is 148 cm³/mol. The van der Waals surface area contributed by atoms with Gasteiger partial charge in [-0.3, -0.25) is 9.59 Å². The molecule has 2 amide bonds. The molecule has 2 aliphatic heterocycles. The summed E-state index contributed by atoms with van der Waals surface area (Å²) in [5, 5.41) is 6.70. The maximum Gasteiger partial charge on any atom is 0.246 e. The lowest BCUT2D eigenvalue weighted by molar-refractivity contribution is -0.139. The van der Waals surface area contributed by atoms with Gasteiger partial charge in [-0.25, -0.2) is 18.4 Å². The molecule has 1 aromatic carbocycles.